The number of anilines is 1. The van der Waals surface area contributed by atoms with Crippen LogP contribution in [0.4, 0.5) is 5.69 Å². The van der Waals surface area contributed by atoms with Gasteiger partial charge in [-0.05, 0) is 23.9 Å². The predicted octanol–water partition coefficient (Wildman–Crippen LogP) is 2.03. The van der Waals surface area contributed by atoms with Gasteiger partial charge in [0.1, 0.15) is 0 Å². The van der Waals surface area contributed by atoms with Crippen LogP contribution >= 0.6 is 0 Å². The van der Waals surface area contributed by atoms with Gasteiger partial charge in [-0.25, -0.2) is 0 Å². The van der Waals surface area contributed by atoms with Gasteiger partial charge in [-0.3, -0.25) is 14.5 Å². The van der Waals surface area contributed by atoms with Gasteiger partial charge in [0, 0.05) is 50.1 Å². The Balaban J connectivity index is 1.25. The number of rotatable bonds is 7. The van der Waals surface area contributed by atoms with E-state index in [1.807, 2.05) is 36.4 Å². The van der Waals surface area contributed by atoms with E-state index in [4.69, 9.17) is 4.74 Å². The predicted molar refractivity (Wildman–Crippen MR) is 105 cm³/mol. The Hall–Kier alpha value is -2.44. The largest absolute Gasteiger partial charge is 0.379 e. The van der Waals surface area contributed by atoms with Crippen molar-refractivity contribution >= 4 is 28.3 Å². The van der Waals surface area contributed by atoms with Gasteiger partial charge in [0.2, 0.25) is 5.91 Å². The first-order valence-electron chi connectivity index (χ1n) is 9.64. The average molecular weight is 367 g/mol. The maximum absolute atomic E-state index is 12.7. The highest BCUT2D eigenvalue weighted by molar-refractivity contribution is 6.25. The molecule has 0 radical (unpaired) electrons. The quantitative estimate of drug-likeness (QED) is 0.813. The molecular weight excluding hydrogens is 342 g/mol. The number of morpholine rings is 1. The van der Waals surface area contributed by atoms with Crippen molar-refractivity contribution in [1.29, 1.82) is 0 Å². The number of amides is 2. The van der Waals surface area contributed by atoms with Crippen molar-refractivity contribution in [3.05, 3.63) is 42.0 Å². The molecule has 4 rings (SSSR count). The second kappa shape index (κ2) is 8.06. The van der Waals surface area contributed by atoms with Gasteiger partial charge in [-0.15, -0.1) is 0 Å². The van der Waals surface area contributed by atoms with Gasteiger partial charge >= 0.3 is 0 Å². The molecule has 2 amide bonds. The molecule has 142 valence electrons. The molecule has 0 aromatic heterocycles. The van der Waals surface area contributed by atoms with Crippen molar-refractivity contribution in [1.82, 2.24) is 10.2 Å². The molecule has 6 nitrogen and oxygen atoms in total. The van der Waals surface area contributed by atoms with Crippen LogP contribution < -0.4 is 10.2 Å². The summed E-state index contributed by atoms with van der Waals surface area (Å²) in [5.74, 6) is 0.0835. The molecule has 2 aliphatic rings. The lowest BCUT2D eigenvalue weighted by atomic mass is 10.1. The Morgan fingerprint density at radius 1 is 1.07 bits per heavy atom. The summed E-state index contributed by atoms with van der Waals surface area (Å²) in [5, 5.41) is 5.09. The molecule has 0 atom stereocenters. The van der Waals surface area contributed by atoms with Gasteiger partial charge < -0.3 is 15.0 Å². The third-order valence-corrected chi connectivity index (χ3v) is 5.29. The molecule has 1 saturated heterocycles. The van der Waals surface area contributed by atoms with E-state index in [0.717, 1.165) is 54.9 Å². The Morgan fingerprint density at radius 3 is 2.67 bits per heavy atom. The van der Waals surface area contributed by atoms with E-state index >= 15 is 0 Å². The molecule has 0 saturated carbocycles. The molecule has 2 heterocycles. The van der Waals surface area contributed by atoms with Crippen LogP contribution in [0.25, 0.3) is 10.8 Å². The fourth-order valence-electron chi connectivity index (χ4n) is 3.87. The molecule has 1 fully saturated rings. The zero-order chi connectivity index (χ0) is 18.6. The molecule has 0 spiro atoms. The molecule has 2 aromatic rings. The molecule has 2 aromatic carbocycles. The fraction of sp³-hybridized carbons (Fsp3) is 0.429. The summed E-state index contributed by atoms with van der Waals surface area (Å²) in [5.41, 5.74) is 1.72. The topological polar surface area (TPSA) is 61.9 Å². The summed E-state index contributed by atoms with van der Waals surface area (Å²) in [6.45, 7) is 5.48. The SMILES string of the molecule is O=C(CCCN1C(=O)c2cccc3cccc1c23)NCCN1CCOCC1. The van der Waals surface area contributed by atoms with Crippen LogP contribution in [-0.2, 0) is 9.53 Å². The smallest absolute Gasteiger partial charge is 0.258 e. The zero-order valence-electron chi connectivity index (χ0n) is 15.4. The van der Waals surface area contributed by atoms with E-state index in [1.54, 1.807) is 4.90 Å². The van der Waals surface area contributed by atoms with E-state index in [0.29, 0.717) is 25.9 Å². The highest BCUT2D eigenvalue weighted by Gasteiger charge is 2.28. The van der Waals surface area contributed by atoms with E-state index in [1.165, 1.54) is 0 Å². The maximum Gasteiger partial charge on any atom is 0.258 e. The van der Waals surface area contributed by atoms with E-state index in [9.17, 15) is 9.59 Å². The number of nitrogens with zero attached hydrogens (tertiary/aromatic N) is 2. The van der Waals surface area contributed by atoms with Crippen LogP contribution in [-0.4, -0.2) is 62.7 Å². The summed E-state index contributed by atoms with van der Waals surface area (Å²) < 4.78 is 5.32. The Bertz CT molecular complexity index is 840. The highest BCUT2D eigenvalue weighted by atomic mass is 16.5. The molecule has 27 heavy (non-hydrogen) atoms. The lowest BCUT2D eigenvalue weighted by Crippen LogP contribution is -2.41. The van der Waals surface area contributed by atoms with Gasteiger partial charge in [0.25, 0.3) is 5.91 Å². The van der Waals surface area contributed by atoms with Crippen molar-refractivity contribution in [2.75, 3.05) is 50.8 Å². The average Bonchev–Trinajstić information content (AvgIpc) is 2.97. The summed E-state index contributed by atoms with van der Waals surface area (Å²) in [6.07, 6.45) is 1.08. The minimum Gasteiger partial charge on any atom is -0.379 e. The van der Waals surface area contributed by atoms with E-state index in [2.05, 4.69) is 10.2 Å². The second-order valence-corrected chi connectivity index (χ2v) is 7.05. The standard InChI is InChI=1S/C21H25N3O3/c25-19(22-9-11-23-12-14-27-15-13-23)8-3-10-24-18-7-2-5-16-4-1-6-17(20(16)18)21(24)26/h1-2,4-7H,3,8-15H2,(H,22,25). The van der Waals surface area contributed by atoms with Crippen LogP contribution in [0.1, 0.15) is 23.2 Å². The van der Waals surface area contributed by atoms with Crippen molar-refractivity contribution in [2.24, 2.45) is 0 Å². The van der Waals surface area contributed by atoms with Crippen molar-refractivity contribution in [3.63, 3.8) is 0 Å². The molecule has 6 heteroatoms. The van der Waals surface area contributed by atoms with Crippen molar-refractivity contribution < 1.29 is 14.3 Å². The summed E-state index contributed by atoms with van der Waals surface area (Å²) >= 11 is 0. The Labute approximate surface area is 159 Å². The van der Waals surface area contributed by atoms with Crippen LogP contribution in [0.2, 0.25) is 0 Å². The number of hydrogen-bond donors (Lipinski definition) is 1. The molecule has 2 aliphatic heterocycles. The first-order chi connectivity index (χ1) is 13.2. The van der Waals surface area contributed by atoms with Gasteiger partial charge in [0.05, 0.1) is 18.9 Å². The van der Waals surface area contributed by atoms with Crippen molar-refractivity contribution in [2.45, 2.75) is 12.8 Å². The lowest BCUT2D eigenvalue weighted by molar-refractivity contribution is -0.121. The second-order valence-electron chi connectivity index (χ2n) is 7.05. The monoisotopic (exact) mass is 367 g/mol. The molecule has 0 bridgehead atoms. The lowest BCUT2D eigenvalue weighted by Gasteiger charge is -2.26. The number of hydrogen-bond acceptors (Lipinski definition) is 4. The van der Waals surface area contributed by atoms with Gasteiger partial charge in [-0.2, -0.15) is 0 Å². The third-order valence-electron chi connectivity index (χ3n) is 5.29. The number of benzene rings is 2. The Morgan fingerprint density at radius 2 is 1.85 bits per heavy atom. The molecular formula is C21H25N3O3. The minimum absolute atomic E-state index is 0.0366. The summed E-state index contributed by atoms with van der Waals surface area (Å²) in [4.78, 5) is 28.9. The Kier molecular flexibility index (Phi) is 5.36. The van der Waals surface area contributed by atoms with E-state index < -0.39 is 0 Å². The number of ether oxygens (including phenoxy) is 1. The third kappa shape index (κ3) is 3.82. The first-order valence-corrected chi connectivity index (χ1v) is 9.64. The number of nitrogens with one attached hydrogen (secondary N) is 1. The van der Waals surface area contributed by atoms with Crippen LogP contribution in [0, 0.1) is 0 Å². The highest BCUT2D eigenvalue weighted by Crippen LogP contribution is 2.37. The van der Waals surface area contributed by atoms with Crippen LogP contribution in [0.15, 0.2) is 36.4 Å². The van der Waals surface area contributed by atoms with E-state index in [-0.39, 0.29) is 11.8 Å². The summed E-state index contributed by atoms with van der Waals surface area (Å²) in [7, 11) is 0. The zero-order valence-corrected chi connectivity index (χ0v) is 15.4. The van der Waals surface area contributed by atoms with Gasteiger partial charge in [-0.1, -0.05) is 24.3 Å². The van der Waals surface area contributed by atoms with Crippen molar-refractivity contribution in [3.8, 4) is 0 Å². The molecule has 0 aliphatic carbocycles. The fourth-order valence-corrected chi connectivity index (χ4v) is 3.87. The minimum atomic E-state index is 0.0366. The molecule has 1 N–H and O–H groups in total. The number of carbonyl (C=O) groups excluding carboxylic acids is 2. The normalized spacial score (nSPS) is 16.9. The number of carbonyl (C=O) groups is 2. The summed E-state index contributed by atoms with van der Waals surface area (Å²) in [6, 6.07) is 11.8. The van der Waals surface area contributed by atoms with Crippen LogP contribution in [0.5, 0.6) is 0 Å². The molecule has 0 unspecified atom stereocenters. The maximum atomic E-state index is 12.7. The van der Waals surface area contributed by atoms with Crippen LogP contribution in [0.3, 0.4) is 0 Å². The van der Waals surface area contributed by atoms with Gasteiger partial charge in [0.15, 0.2) is 0 Å². The first kappa shape index (κ1) is 17.9.